The van der Waals surface area contributed by atoms with Crippen LogP contribution in [0.5, 0.6) is 5.75 Å². The summed E-state index contributed by atoms with van der Waals surface area (Å²) in [5, 5.41) is 6.97. The molecule has 0 unspecified atom stereocenters. The van der Waals surface area contributed by atoms with E-state index in [0.29, 0.717) is 11.0 Å². The molecule has 0 heterocycles. The standard InChI is InChI=1S/C14H22N2OS/c1-4-9-17-13-7-5-12(6-8-13)16-14(18)15-10-11(2)3/h5-8,11H,4,9-10H2,1-3H3,(H2,15,16,18). The van der Waals surface area contributed by atoms with E-state index in [2.05, 4.69) is 31.4 Å². The van der Waals surface area contributed by atoms with Crippen molar-refractivity contribution in [2.45, 2.75) is 27.2 Å². The molecule has 0 saturated carbocycles. The average Bonchev–Trinajstić information content (AvgIpc) is 2.35. The number of nitrogens with one attached hydrogen (secondary N) is 2. The van der Waals surface area contributed by atoms with Crippen LogP contribution in [-0.2, 0) is 0 Å². The van der Waals surface area contributed by atoms with Gasteiger partial charge in [-0.3, -0.25) is 0 Å². The molecule has 100 valence electrons. The molecule has 1 aromatic rings. The van der Waals surface area contributed by atoms with Crippen LogP contribution in [0.1, 0.15) is 27.2 Å². The van der Waals surface area contributed by atoms with Crippen molar-refractivity contribution in [2.24, 2.45) is 5.92 Å². The van der Waals surface area contributed by atoms with Crippen LogP contribution in [0.2, 0.25) is 0 Å². The lowest BCUT2D eigenvalue weighted by atomic mass is 10.2. The summed E-state index contributed by atoms with van der Waals surface area (Å²) in [5.41, 5.74) is 0.972. The molecule has 2 N–H and O–H groups in total. The van der Waals surface area contributed by atoms with Crippen LogP contribution < -0.4 is 15.4 Å². The third-order valence-corrected chi connectivity index (χ3v) is 2.50. The molecule has 0 aliphatic heterocycles. The fourth-order valence-corrected chi connectivity index (χ4v) is 1.53. The van der Waals surface area contributed by atoms with Gasteiger partial charge in [0.05, 0.1) is 6.61 Å². The SMILES string of the molecule is CCCOc1ccc(NC(=S)NCC(C)C)cc1. The van der Waals surface area contributed by atoms with Gasteiger partial charge in [0.1, 0.15) is 5.75 Å². The predicted octanol–water partition coefficient (Wildman–Crippen LogP) is 3.42. The quantitative estimate of drug-likeness (QED) is 0.773. The maximum absolute atomic E-state index is 5.52. The highest BCUT2D eigenvalue weighted by Gasteiger charge is 1.99. The van der Waals surface area contributed by atoms with Crippen molar-refractivity contribution in [1.82, 2.24) is 5.32 Å². The lowest BCUT2D eigenvalue weighted by molar-refractivity contribution is 0.317. The number of anilines is 1. The number of thiocarbonyl (C=S) groups is 1. The first kappa shape index (κ1) is 14.8. The van der Waals surface area contributed by atoms with Crippen LogP contribution in [0.15, 0.2) is 24.3 Å². The second-order valence-electron chi connectivity index (χ2n) is 4.60. The van der Waals surface area contributed by atoms with E-state index in [0.717, 1.165) is 31.0 Å². The molecule has 0 aliphatic rings. The van der Waals surface area contributed by atoms with Crippen molar-refractivity contribution >= 4 is 23.0 Å². The van der Waals surface area contributed by atoms with E-state index in [1.165, 1.54) is 0 Å². The molecule has 1 aromatic carbocycles. The molecule has 0 bridgehead atoms. The van der Waals surface area contributed by atoms with Gasteiger partial charge in [0, 0.05) is 12.2 Å². The maximum Gasteiger partial charge on any atom is 0.170 e. The minimum absolute atomic E-state index is 0.578. The van der Waals surface area contributed by atoms with Gasteiger partial charge in [0.15, 0.2) is 5.11 Å². The van der Waals surface area contributed by atoms with Crippen molar-refractivity contribution in [3.63, 3.8) is 0 Å². The van der Waals surface area contributed by atoms with Crippen molar-refractivity contribution in [2.75, 3.05) is 18.5 Å². The van der Waals surface area contributed by atoms with Crippen molar-refractivity contribution in [3.05, 3.63) is 24.3 Å². The lowest BCUT2D eigenvalue weighted by Gasteiger charge is -2.12. The highest BCUT2D eigenvalue weighted by molar-refractivity contribution is 7.80. The molecule has 0 radical (unpaired) electrons. The summed E-state index contributed by atoms with van der Waals surface area (Å²) in [4.78, 5) is 0. The Kier molecular flexibility index (Phi) is 6.50. The van der Waals surface area contributed by atoms with Gasteiger partial charge in [-0.2, -0.15) is 0 Å². The Morgan fingerprint density at radius 1 is 1.28 bits per heavy atom. The second kappa shape index (κ2) is 7.93. The Morgan fingerprint density at radius 2 is 1.94 bits per heavy atom. The Balaban J connectivity index is 2.40. The van der Waals surface area contributed by atoms with E-state index < -0.39 is 0 Å². The van der Waals surface area contributed by atoms with Crippen LogP contribution in [0, 0.1) is 5.92 Å². The molecule has 0 aromatic heterocycles. The normalized spacial score (nSPS) is 10.2. The minimum Gasteiger partial charge on any atom is -0.494 e. The van der Waals surface area contributed by atoms with Gasteiger partial charge in [-0.05, 0) is 48.8 Å². The number of benzene rings is 1. The van der Waals surface area contributed by atoms with Crippen LogP contribution in [0.25, 0.3) is 0 Å². The molecule has 4 heteroatoms. The van der Waals surface area contributed by atoms with E-state index >= 15 is 0 Å². The average molecular weight is 266 g/mol. The van der Waals surface area contributed by atoms with Gasteiger partial charge >= 0.3 is 0 Å². The molecule has 0 saturated heterocycles. The van der Waals surface area contributed by atoms with Crippen molar-refractivity contribution < 1.29 is 4.74 Å². The molecule has 18 heavy (non-hydrogen) atoms. The molecule has 0 atom stereocenters. The Hall–Kier alpha value is -1.29. The van der Waals surface area contributed by atoms with Gasteiger partial charge < -0.3 is 15.4 Å². The van der Waals surface area contributed by atoms with Gasteiger partial charge in [-0.15, -0.1) is 0 Å². The number of rotatable bonds is 6. The zero-order valence-electron chi connectivity index (χ0n) is 11.3. The van der Waals surface area contributed by atoms with Gasteiger partial charge in [0.2, 0.25) is 0 Å². The third kappa shape index (κ3) is 5.87. The first-order valence-electron chi connectivity index (χ1n) is 6.39. The van der Waals surface area contributed by atoms with Gasteiger partial charge in [-0.1, -0.05) is 20.8 Å². The van der Waals surface area contributed by atoms with Crippen LogP contribution in [-0.4, -0.2) is 18.3 Å². The Bertz CT molecular complexity index is 363. The Labute approximate surface area is 115 Å². The number of ether oxygens (including phenoxy) is 1. The molecule has 1 rings (SSSR count). The summed E-state index contributed by atoms with van der Waals surface area (Å²) in [5.74, 6) is 1.47. The Morgan fingerprint density at radius 3 is 2.50 bits per heavy atom. The summed E-state index contributed by atoms with van der Waals surface area (Å²) in [7, 11) is 0. The van der Waals surface area contributed by atoms with Crippen LogP contribution in [0.3, 0.4) is 0 Å². The van der Waals surface area contributed by atoms with Gasteiger partial charge in [0.25, 0.3) is 0 Å². The zero-order valence-corrected chi connectivity index (χ0v) is 12.1. The largest absolute Gasteiger partial charge is 0.494 e. The van der Waals surface area contributed by atoms with Crippen molar-refractivity contribution in [1.29, 1.82) is 0 Å². The first-order chi connectivity index (χ1) is 8.61. The molecular formula is C14H22N2OS. The summed E-state index contributed by atoms with van der Waals surface area (Å²) in [6, 6.07) is 7.83. The summed E-state index contributed by atoms with van der Waals surface area (Å²) in [6.07, 6.45) is 1.02. The molecule has 3 nitrogen and oxygen atoms in total. The minimum atomic E-state index is 0.578. The highest BCUT2D eigenvalue weighted by atomic mass is 32.1. The molecule has 0 spiro atoms. The van der Waals surface area contributed by atoms with Gasteiger partial charge in [-0.25, -0.2) is 0 Å². The molecule has 0 aliphatic carbocycles. The van der Waals surface area contributed by atoms with Crippen molar-refractivity contribution in [3.8, 4) is 5.75 Å². The van der Waals surface area contributed by atoms with E-state index in [4.69, 9.17) is 17.0 Å². The van der Waals surface area contributed by atoms with E-state index in [9.17, 15) is 0 Å². The van der Waals surface area contributed by atoms with E-state index in [1.54, 1.807) is 0 Å². The van der Waals surface area contributed by atoms with E-state index in [-0.39, 0.29) is 0 Å². The molecule has 0 fully saturated rings. The number of hydrogen-bond acceptors (Lipinski definition) is 2. The number of hydrogen-bond donors (Lipinski definition) is 2. The summed E-state index contributed by atoms with van der Waals surface area (Å²) < 4.78 is 5.52. The first-order valence-corrected chi connectivity index (χ1v) is 6.80. The third-order valence-electron chi connectivity index (χ3n) is 2.26. The van der Waals surface area contributed by atoms with E-state index in [1.807, 2.05) is 24.3 Å². The monoisotopic (exact) mass is 266 g/mol. The summed E-state index contributed by atoms with van der Waals surface area (Å²) in [6.45, 7) is 8.02. The zero-order chi connectivity index (χ0) is 13.4. The fraction of sp³-hybridized carbons (Fsp3) is 0.500. The van der Waals surface area contributed by atoms with Crippen LogP contribution >= 0.6 is 12.2 Å². The topological polar surface area (TPSA) is 33.3 Å². The predicted molar refractivity (Wildman–Crippen MR) is 81.3 cm³/mol. The van der Waals surface area contributed by atoms with Crippen LogP contribution in [0.4, 0.5) is 5.69 Å². The second-order valence-corrected chi connectivity index (χ2v) is 5.01. The smallest absolute Gasteiger partial charge is 0.170 e. The molecular weight excluding hydrogens is 244 g/mol. The highest BCUT2D eigenvalue weighted by Crippen LogP contribution is 2.15. The molecule has 0 amide bonds. The summed E-state index contributed by atoms with van der Waals surface area (Å²) >= 11 is 5.20. The fourth-order valence-electron chi connectivity index (χ4n) is 1.33. The maximum atomic E-state index is 5.52. The lowest BCUT2D eigenvalue weighted by Crippen LogP contribution is -2.31.